The van der Waals surface area contributed by atoms with E-state index in [9.17, 15) is 5.11 Å². The second-order valence-corrected chi connectivity index (χ2v) is 4.98. The van der Waals surface area contributed by atoms with Gasteiger partial charge in [0.25, 0.3) is 0 Å². The molecule has 0 spiro atoms. The van der Waals surface area contributed by atoms with Crippen LogP contribution in [0.5, 0.6) is 0 Å². The van der Waals surface area contributed by atoms with Crippen molar-refractivity contribution in [2.75, 3.05) is 13.6 Å². The molecule has 1 aliphatic rings. The first kappa shape index (κ1) is 11.5. The summed E-state index contributed by atoms with van der Waals surface area (Å²) in [5.41, 5.74) is -0.618. The van der Waals surface area contributed by atoms with Crippen LogP contribution in [-0.4, -0.2) is 50.0 Å². The molecule has 0 aromatic carbocycles. The van der Waals surface area contributed by atoms with Gasteiger partial charge in [0, 0.05) is 26.1 Å². The van der Waals surface area contributed by atoms with E-state index in [0.717, 1.165) is 25.2 Å². The Morgan fingerprint density at radius 1 is 1.56 bits per heavy atom. The minimum Gasteiger partial charge on any atom is -0.389 e. The van der Waals surface area contributed by atoms with Crippen LogP contribution in [0.1, 0.15) is 25.6 Å². The zero-order valence-electron chi connectivity index (χ0n) is 10.2. The molecule has 1 saturated heterocycles. The first-order valence-electron chi connectivity index (χ1n) is 5.76. The van der Waals surface area contributed by atoms with Crippen molar-refractivity contribution >= 4 is 0 Å². The van der Waals surface area contributed by atoms with Crippen molar-refractivity contribution in [1.29, 1.82) is 0 Å². The minimum atomic E-state index is -0.618. The predicted octanol–water partition coefficient (Wildman–Crippen LogP) is 0.203. The summed E-state index contributed by atoms with van der Waals surface area (Å²) >= 11 is 0. The van der Waals surface area contributed by atoms with Gasteiger partial charge in [-0.05, 0) is 26.8 Å². The Labute approximate surface area is 96.1 Å². The lowest BCUT2D eigenvalue weighted by molar-refractivity contribution is -0.0371. The van der Waals surface area contributed by atoms with E-state index in [4.69, 9.17) is 0 Å². The molecule has 1 fully saturated rings. The standard InChI is InChI=1S/C11H20N4O/c1-9-6-11(16,4-5-14(9)2)7-10-12-8-13-15(10)3/h8-9,16H,4-7H2,1-3H3. The van der Waals surface area contributed by atoms with Crippen molar-refractivity contribution < 1.29 is 5.11 Å². The molecule has 0 saturated carbocycles. The number of aromatic nitrogens is 3. The first-order chi connectivity index (χ1) is 7.50. The lowest BCUT2D eigenvalue weighted by atomic mass is 9.84. The van der Waals surface area contributed by atoms with E-state index in [1.54, 1.807) is 4.68 Å². The SMILES string of the molecule is CC1CC(O)(Cc2ncnn2C)CCN1C. The first-order valence-corrected chi connectivity index (χ1v) is 5.76. The molecule has 5 nitrogen and oxygen atoms in total. The van der Waals surface area contributed by atoms with Crippen LogP contribution in [0.4, 0.5) is 0 Å². The number of aryl methyl sites for hydroxylation is 1. The number of aliphatic hydroxyl groups is 1. The van der Waals surface area contributed by atoms with Crippen molar-refractivity contribution in [3.63, 3.8) is 0 Å². The quantitative estimate of drug-likeness (QED) is 0.780. The summed E-state index contributed by atoms with van der Waals surface area (Å²) in [5, 5.41) is 14.6. The van der Waals surface area contributed by atoms with E-state index < -0.39 is 5.60 Å². The Kier molecular flexibility index (Phi) is 2.99. The van der Waals surface area contributed by atoms with E-state index in [-0.39, 0.29) is 0 Å². The Morgan fingerprint density at radius 2 is 2.31 bits per heavy atom. The fourth-order valence-corrected chi connectivity index (χ4v) is 2.35. The third kappa shape index (κ3) is 2.25. The number of rotatable bonds is 2. The zero-order chi connectivity index (χ0) is 11.8. The smallest absolute Gasteiger partial charge is 0.138 e. The highest BCUT2D eigenvalue weighted by atomic mass is 16.3. The fraction of sp³-hybridized carbons (Fsp3) is 0.818. The molecule has 2 unspecified atom stereocenters. The molecule has 1 aromatic rings. The number of likely N-dealkylation sites (tertiary alicyclic amines) is 1. The maximum Gasteiger partial charge on any atom is 0.138 e. The molecule has 1 N–H and O–H groups in total. The van der Waals surface area contributed by atoms with Crippen LogP contribution in [0.25, 0.3) is 0 Å². The van der Waals surface area contributed by atoms with Gasteiger partial charge in [-0.15, -0.1) is 0 Å². The highest BCUT2D eigenvalue weighted by Gasteiger charge is 2.36. The predicted molar refractivity (Wildman–Crippen MR) is 61.0 cm³/mol. The summed E-state index contributed by atoms with van der Waals surface area (Å²) in [7, 11) is 3.97. The highest BCUT2D eigenvalue weighted by Crippen LogP contribution is 2.28. The van der Waals surface area contributed by atoms with E-state index >= 15 is 0 Å². The average molecular weight is 224 g/mol. The summed E-state index contributed by atoms with van der Waals surface area (Å²) < 4.78 is 1.74. The molecular formula is C11H20N4O. The molecule has 0 amide bonds. The van der Waals surface area contributed by atoms with Gasteiger partial charge < -0.3 is 10.0 Å². The zero-order valence-corrected chi connectivity index (χ0v) is 10.2. The van der Waals surface area contributed by atoms with Crippen LogP contribution in [0, 0.1) is 0 Å². The highest BCUT2D eigenvalue weighted by molar-refractivity contribution is 4.98. The number of hydrogen-bond donors (Lipinski definition) is 1. The van der Waals surface area contributed by atoms with E-state index in [1.165, 1.54) is 6.33 Å². The summed E-state index contributed by atoms with van der Waals surface area (Å²) in [6.07, 6.45) is 3.75. The molecule has 2 heterocycles. The van der Waals surface area contributed by atoms with Gasteiger partial charge >= 0.3 is 0 Å². The topological polar surface area (TPSA) is 54.2 Å². The maximum atomic E-state index is 10.5. The van der Waals surface area contributed by atoms with Crippen molar-refractivity contribution in [1.82, 2.24) is 19.7 Å². The number of nitrogens with zero attached hydrogens (tertiary/aromatic N) is 4. The third-order valence-corrected chi connectivity index (χ3v) is 3.65. The molecular weight excluding hydrogens is 204 g/mol. The van der Waals surface area contributed by atoms with Crippen LogP contribution in [0.2, 0.25) is 0 Å². The summed E-state index contributed by atoms with van der Waals surface area (Å²) in [6.45, 7) is 3.09. The van der Waals surface area contributed by atoms with Crippen molar-refractivity contribution in [2.24, 2.45) is 7.05 Å². The lowest BCUT2D eigenvalue weighted by Crippen LogP contribution is -2.49. The van der Waals surface area contributed by atoms with Gasteiger partial charge in [-0.1, -0.05) is 0 Å². The second-order valence-electron chi connectivity index (χ2n) is 4.98. The summed E-state index contributed by atoms with van der Waals surface area (Å²) in [4.78, 5) is 6.46. The molecule has 0 radical (unpaired) electrons. The minimum absolute atomic E-state index is 0.423. The van der Waals surface area contributed by atoms with Gasteiger partial charge in [0.2, 0.25) is 0 Å². The van der Waals surface area contributed by atoms with E-state index in [1.807, 2.05) is 7.05 Å². The molecule has 2 atom stereocenters. The lowest BCUT2D eigenvalue weighted by Gasteiger charge is -2.40. The molecule has 1 aromatic heterocycles. The normalized spacial score (nSPS) is 31.9. The summed E-state index contributed by atoms with van der Waals surface area (Å²) in [5.74, 6) is 0.860. The molecule has 1 aliphatic heterocycles. The van der Waals surface area contributed by atoms with E-state index in [0.29, 0.717) is 12.5 Å². The molecule has 90 valence electrons. The van der Waals surface area contributed by atoms with Crippen LogP contribution >= 0.6 is 0 Å². The average Bonchev–Trinajstić information content (AvgIpc) is 2.59. The molecule has 0 aliphatic carbocycles. The number of piperidine rings is 1. The van der Waals surface area contributed by atoms with Gasteiger partial charge in [-0.2, -0.15) is 5.10 Å². The van der Waals surface area contributed by atoms with Gasteiger partial charge in [0.05, 0.1) is 5.60 Å². The van der Waals surface area contributed by atoms with Gasteiger partial charge in [0.1, 0.15) is 12.2 Å². The Morgan fingerprint density at radius 3 is 2.88 bits per heavy atom. The van der Waals surface area contributed by atoms with Gasteiger partial charge in [0.15, 0.2) is 0 Å². The van der Waals surface area contributed by atoms with Crippen molar-refractivity contribution in [2.45, 2.75) is 37.8 Å². The molecule has 16 heavy (non-hydrogen) atoms. The van der Waals surface area contributed by atoms with Crippen LogP contribution in [0.3, 0.4) is 0 Å². The number of hydrogen-bond acceptors (Lipinski definition) is 4. The fourth-order valence-electron chi connectivity index (χ4n) is 2.35. The maximum absolute atomic E-state index is 10.5. The van der Waals surface area contributed by atoms with Crippen LogP contribution < -0.4 is 0 Å². The largest absolute Gasteiger partial charge is 0.389 e. The second kappa shape index (κ2) is 4.14. The molecule has 0 bridgehead atoms. The monoisotopic (exact) mass is 224 g/mol. The summed E-state index contributed by atoms with van der Waals surface area (Å²) in [6, 6.07) is 0.423. The van der Waals surface area contributed by atoms with Crippen LogP contribution in [-0.2, 0) is 13.5 Å². The molecule has 2 rings (SSSR count). The van der Waals surface area contributed by atoms with Gasteiger partial charge in [-0.25, -0.2) is 4.98 Å². The Hall–Kier alpha value is -0.940. The van der Waals surface area contributed by atoms with Gasteiger partial charge in [-0.3, -0.25) is 4.68 Å². The Bertz CT molecular complexity index is 365. The molecule has 5 heteroatoms. The third-order valence-electron chi connectivity index (χ3n) is 3.65. The van der Waals surface area contributed by atoms with Crippen LogP contribution in [0.15, 0.2) is 6.33 Å². The van der Waals surface area contributed by atoms with E-state index in [2.05, 4.69) is 29.0 Å². The Balaban J connectivity index is 2.06. The van der Waals surface area contributed by atoms with Crippen molar-refractivity contribution in [3.05, 3.63) is 12.2 Å². The van der Waals surface area contributed by atoms with Crippen molar-refractivity contribution in [3.8, 4) is 0 Å².